The summed E-state index contributed by atoms with van der Waals surface area (Å²) in [5.74, 6) is 0. The van der Waals surface area contributed by atoms with Gasteiger partial charge in [-0.1, -0.05) is 0 Å². The van der Waals surface area contributed by atoms with Gasteiger partial charge >= 0.3 is 86.9 Å². The van der Waals surface area contributed by atoms with Crippen molar-refractivity contribution in [1.82, 2.24) is 0 Å². The molecule has 0 amide bonds. The molecule has 0 rings (SSSR count). The minimum Gasteiger partial charge on any atom is -2.00 e. The van der Waals surface area contributed by atoms with Crippen LogP contribution in [-0.2, 0) is 11.0 Å². The van der Waals surface area contributed by atoms with Crippen LogP contribution in [0, 0.1) is 86.9 Å². The second kappa shape index (κ2) is 17.1. The molecule has 0 fully saturated rings. The second-order valence-electron chi connectivity index (χ2n) is 0. The summed E-state index contributed by atoms with van der Waals surface area (Å²) in [4.78, 5) is 0. The Morgan fingerprint density at radius 3 is 0.750 bits per heavy atom. The van der Waals surface area contributed by atoms with Gasteiger partial charge < -0.3 is 11.0 Å². The van der Waals surface area contributed by atoms with Crippen LogP contribution in [0.2, 0.25) is 0 Å². The molecule has 0 aliphatic carbocycles. The van der Waals surface area contributed by atoms with Crippen molar-refractivity contribution in [3.8, 4) is 0 Å². The van der Waals surface area contributed by atoms with Crippen molar-refractivity contribution in [1.29, 1.82) is 0 Å². The van der Waals surface area contributed by atoms with E-state index in [-0.39, 0.29) is 97.8 Å². The van der Waals surface area contributed by atoms with Crippen LogP contribution in [-0.4, -0.2) is 0 Å². The molecule has 0 bridgehead atoms. The van der Waals surface area contributed by atoms with Crippen molar-refractivity contribution in [2.24, 2.45) is 0 Å². The molecule has 32 valence electrons. The van der Waals surface area contributed by atoms with Crippen molar-refractivity contribution < 1.29 is 97.8 Å². The molecule has 4 heavy (non-hydrogen) atoms. The molecule has 0 atom stereocenters. The van der Waals surface area contributed by atoms with E-state index in [4.69, 9.17) is 0 Å². The Bertz CT molecular complexity index is 6.00. The van der Waals surface area contributed by atoms with Crippen LogP contribution in [0.25, 0.3) is 0 Å². The molecule has 0 N–H and O–H groups in total. The zero-order chi connectivity index (χ0) is 0. The maximum Gasteiger partial charge on any atom is 3.00 e. The van der Waals surface area contributed by atoms with Crippen LogP contribution in [0.15, 0.2) is 0 Å². The molecule has 0 aromatic heterocycles. The fraction of sp³-hybridized carbons (Fsp3) is 0. The van der Waals surface area contributed by atoms with Crippen molar-refractivity contribution in [3.63, 3.8) is 0 Å². The first-order chi connectivity index (χ1) is 0. The molecule has 0 heterocycles. The van der Waals surface area contributed by atoms with Crippen LogP contribution in [0.3, 0.4) is 0 Å². The Morgan fingerprint density at radius 1 is 0.750 bits per heavy atom. The van der Waals surface area contributed by atoms with Crippen LogP contribution in [0.5, 0.6) is 0 Å². The third kappa shape index (κ3) is 8.83. The van der Waals surface area contributed by atoms with Crippen LogP contribution >= 0.6 is 0 Å². The maximum atomic E-state index is 0. The molecular weight excluding hydrogens is 362 g/mol. The third-order valence-electron chi connectivity index (χ3n) is 0. The average molecular weight is 362 g/mol. The molecule has 0 unspecified atom stereocenters. The quantitative estimate of drug-likeness (QED) is 0.572. The van der Waals surface area contributed by atoms with E-state index < -0.39 is 0 Å². The summed E-state index contributed by atoms with van der Waals surface area (Å²) >= 11 is 0. The summed E-state index contributed by atoms with van der Waals surface area (Å²) in [6, 6.07) is 0. The van der Waals surface area contributed by atoms with E-state index in [2.05, 4.69) is 0 Å². The predicted octanol–water partition coefficient (Wildman–Crippen LogP) is -0.238. The Balaban J connectivity index is 0. The van der Waals surface area contributed by atoms with E-state index in [0.29, 0.717) is 0 Å². The van der Waals surface area contributed by atoms with Crippen LogP contribution in [0.4, 0.5) is 0 Å². The zero-order valence-corrected chi connectivity index (χ0v) is 5.42. The normalized spacial score (nSPS) is 0. The Kier molecular flexibility index (Phi) is 126. The molecule has 0 aromatic rings. The zero-order valence-electron chi connectivity index (χ0n) is 1.44. The number of hydrogen-bond acceptors (Lipinski definition) is 0. The molecule has 0 saturated carbocycles. The molecular formula is GdO2Yb+2. The molecule has 0 spiro atoms. The van der Waals surface area contributed by atoms with Gasteiger partial charge in [0.05, 0.1) is 0 Å². The SMILES string of the molecule is [Gd+3].[O-2].[O-2].[Yb+3]. The van der Waals surface area contributed by atoms with E-state index in [1.165, 1.54) is 0 Å². The average Bonchev–Trinajstić information content (AvgIpc) is 0. The fourth-order valence-electron chi connectivity index (χ4n) is 0. The van der Waals surface area contributed by atoms with Gasteiger partial charge in [-0.25, -0.2) is 0 Å². The Labute approximate surface area is 95.3 Å². The van der Waals surface area contributed by atoms with Gasteiger partial charge in [-0.3, -0.25) is 0 Å². The van der Waals surface area contributed by atoms with Crippen molar-refractivity contribution in [2.45, 2.75) is 0 Å². The topological polar surface area (TPSA) is 57.0 Å². The van der Waals surface area contributed by atoms with E-state index in [1.807, 2.05) is 0 Å². The molecule has 2 radical (unpaired) electrons. The minimum absolute atomic E-state index is 0. The van der Waals surface area contributed by atoms with E-state index >= 15 is 0 Å². The molecule has 4 heteroatoms. The first-order valence-electron chi connectivity index (χ1n) is 0. The van der Waals surface area contributed by atoms with E-state index in [9.17, 15) is 0 Å². The van der Waals surface area contributed by atoms with Crippen molar-refractivity contribution in [2.75, 3.05) is 0 Å². The first-order valence-corrected chi connectivity index (χ1v) is 0. The van der Waals surface area contributed by atoms with Gasteiger partial charge in [0, 0.05) is 0 Å². The smallest absolute Gasteiger partial charge is 2.00 e. The van der Waals surface area contributed by atoms with Gasteiger partial charge in [-0.2, -0.15) is 0 Å². The summed E-state index contributed by atoms with van der Waals surface area (Å²) in [6.07, 6.45) is 0. The Hall–Kier alpha value is 2.76. The van der Waals surface area contributed by atoms with Crippen molar-refractivity contribution >= 4 is 0 Å². The Morgan fingerprint density at radius 2 is 0.750 bits per heavy atom. The van der Waals surface area contributed by atoms with Crippen molar-refractivity contribution in [3.05, 3.63) is 0 Å². The summed E-state index contributed by atoms with van der Waals surface area (Å²) in [6.45, 7) is 0. The van der Waals surface area contributed by atoms with Gasteiger partial charge in [0.2, 0.25) is 0 Å². The molecule has 2 nitrogen and oxygen atoms in total. The minimum atomic E-state index is 0. The summed E-state index contributed by atoms with van der Waals surface area (Å²) < 4.78 is 0. The van der Waals surface area contributed by atoms with Gasteiger partial charge in [0.25, 0.3) is 0 Å². The second-order valence-corrected chi connectivity index (χ2v) is 0. The standard InChI is InChI=1S/Gd.2O.Yb/q+3;2*-2;+3. The van der Waals surface area contributed by atoms with Crippen LogP contribution < -0.4 is 0 Å². The maximum absolute atomic E-state index is 0. The summed E-state index contributed by atoms with van der Waals surface area (Å²) in [5, 5.41) is 0. The number of rotatable bonds is 0. The molecule has 0 aliphatic rings. The van der Waals surface area contributed by atoms with E-state index in [0.717, 1.165) is 0 Å². The summed E-state index contributed by atoms with van der Waals surface area (Å²) in [7, 11) is 0. The molecule has 0 aliphatic heterocycles. The third-order valence-corrected chi connectivity index (χ3v) is 0. The largest absolute Gasteiger partial charge is 3.00 e. The fourth-order valence-corrected chi connectivity index (χ4v) is 0. The molecule has 0 saturated heterocycles. The predicted molar refractivity (Wildman–Crippen MR) is 1.37 cm³/mol. The van der Waals surface area contributed by atoms with Gasteiger partial charge in [0.15, 0.2) is 0 Å². The monoisotopic (exact) mass is 364 g/mol. The van der Waals surface area contributed by atoms with Crippen LogP contribution in [0.1, 0.15) is 0 Å². The summed E-state index contributed by atoms with van der Waals surface area (Å²) in [5.41, 5.74) is 0. The number of hydrogen-bond donors (Lipinski definition) is 0. The van der Waals surface area contributed by atoms with Gasteiger partial charge in [0.1, 0.15) is 0 Å². The van der Waals surface area contributed by atoms with E-state index in [1.54, 1.807) is 0 Å². The molecule has 0 aromatic carbocycles. The first kappa shape index (κ1) is 29.4. The van der Waals surface area contributed by atoms with Gasteiger partial charge in [-0.15, -0.1) is 0 Å². The van der Waals surface area contributed by atoms with Gasteiger partial charge in [-0.05, 0) is 0 Å².